The maximum atomic E-state index is 11.6. The molecule has 1 aromatic carbocycles. The predicted molar refractivity (Wildman–Crippen MR) is 70.5 cm³/mol. The van der Waals surface area contributed by atoms with Crippen LogP contribution in [0, 0.1) is 0 Å². The van der Waals surface area contributed by atoms with Gasteiger partial charge in [0.25, 0.3) is 0 Å². The minimum atomic E-state index is -0.438. The van der Waals surface area contributed by atoms with Crippen LogP contribution in [0.25, 0.3) is 0 Å². The van der Waals surface area contributed by atoms with Gasteiger partial charge < -0.3 is 15.2 Å². The third-order valence-corrected chi connectivity index (χ3v) is 2.78. The number of carbonyl (C=O) groups excluding carboxylic acids is 1. The standard InChI is InChI=1S/C14H21NO3/c1-10(16)4-9-14(17)15-11(2)12-5-7-13(18-3)8-6-12/h5-8,10-11,16H,4,9H2,1-3H3,(H,15,17)/t10?,11-/m1/s1. The Labute approximate surface area is 108 Å². The second-order valence-corrected chi connectivity index (χ2v) is 4.45. The molecule has 0 aliphatic rings. The molecule has 0 spiro atoms. The van der Waals surface area contributed by atoms with Gasteiger partial charge in [-0.1, -0.05) is 12.1 Å². The van der Waals surface area contributed by atoms with Gasteiger partial charge in [-0.05, 0) is 38.0 Å². The molecule has 100 valence electrons. The lowest BCUT2D eigenvalue weighted by Crippen LogP contribution is -2.27. The highest BCUT2D eigenvalue weighted by molar-refractivity contribution is 5.76. The lowest BCUT2D eigenvalue weighted by Gasteiger charge is -2.15. The smallest absolute Gasteiger partial charge is 0.220 e. The molecule has 2 N–H and O–H groups in total. The summed E-state index contributed by atoms with van der Waals surface area (Å²) in [6.45, 7) is 3.61. The van der Waals surface area contributed by atoms with E-state index in [0.717, 1.165) is 11.3 Å². The number of hydrogen-bond donors (Lipinski definition) is 2. The summed E-state index contributed by atoms with van der Waals surface area (Å²) >= 11 is 0. The van der Waals surface area contributed by atoms with Gasteiger partial charge in [0.1, 0.15) is 5.75 Å². The molecule has 0 fully saturated rings. The van der Waals surface area contributed by atoms with Crippen molar-refractivity contribution in [1.29, 1.82) is 0 Å². The molecule has 0 aliphatic heterocycles. The van der Waals surface area contributed by atoms with Crippen molar-refractivity contribution in [3.63, 3.8) is 0 Å². The Kier molecular flexibility index (Phi) is 5.65. The van der Waals surface area contributed by atoms with E-state index in [2.05, 4.69) is 5.32 Å². The zero-order chi connectivity index (χ0) is 13.5. The van der Waals surface area contributed by atoms with E-state index in [1.165, 1.54) is 0 Å². The summed E-state index contributed by atoms with van der Waals surface area (Å²) < 4.78 is 5.08. The summed E-state index contributed by atoms with van der Waals surface area (Å²) in [4.78, 5) is 11.6. The van der Waals surface area contributed by atoms with E-state index in [4.69, 9.17) is 9.84 Å². The maximum Gasteiger partial charge on any atom is 0.220 e. The van der Waals surface area contributed by atoms with Gasteiger partial charge >= 0.3 is 0 Å². The molecule has 0 saturated carbocycles. The van der Waals surface area contributed by atoms with Crippen LogP contribution in [0.3, 0.4) is 0 Å². The van der Waals surface area contributed by atoms with E-state index in [0.29, 0.717) is 12.8 Å². The van der Waals surface area contributed by atoms with Crippen molar-refractivity contribution in [3.8, 4) is 5.75 Å². The quantitative estimate of drug-likeness (QED) is 0.813. The Hall–Kier alpha value is -1.55. The molecular weight excluding hydrogens is 230 g/mol. The minimum Gasteiger partial charge on any atom is -0.497 e. The van der Waals surface area contributed by atoms with E-state index < -0.39 is 6.10 Å². The lowest BCUT2D eigenvalue weighted by molar-refractivity contribution is -0.122. The predicted octanol–water partition coefficient (Wildman–Crippen LogP) is 2.03. The Morgan fingerprint density at radius 3 is 2.44 bits per heavy atom. The van der Waals surface area contributed by atoms with Crippen LogP contribution in [0.15, 0.2) is 24.3 Å². The number of ether oxygens (including phenoxy) is 1. The van der Waals surface area contributed by atoms with Crippen LogP contribution < -0.4 is 10.1 Å². The molecule has 4 nitrogen and oxygen atoms in total. The summed E-state index contributed by atoms with van der Waals surface area (Å²) in [6.07, 6.45) is 0.395. The lowest BCUT2D eigenvalue weighted by atomic mass is 10.1. The number of methoxy groups -OCH3 is 1. The van der Waals surface area contributed by atoms with Crippen molar-refractivity contribution in [2.75, 3.05) is 7.11 Å². The summed E-state index contributed by atoms with van der Waals surface area (Å²) in [7, 11) is 1.62. The van der Waals surface area contributed by atoms with E-state index in [-0.39, 0.29) is 11.9 Å². The normalized spacial score (nSPS) is 13.8. The van der Waals surface area contributed by atoms with E-state index in [1.807, 2.05) is 31.2 Å². The number of aliphatic hydroxyl groups excluding tert-OH is 1. The summed E-state index contributed by atoms with van der Waals surface area (Å²) in [5.74, 6) is 0.755. The Bertz CT molecular complexity index is 373. The van der Waals surface area contributed by atoms with Crippen molar-refractivity contribution >= 4 is 5.91 Å². The minimum absolute atomic E-state index is 0.0424. The first-order valence-corrected chi connectivity index (χ1v) is 6.14. The van der Waals surface area contributed by atoms with Crippen LogP contribution in [-0.4, -0.2) is 24.2 Å². The molecule has 2 atom stereocenters. The Morgan fingerprint density at radius 1 is 1.33 bits per heavy atom. The molecule has 0 saturated heterocycles. The van der Waals surface area contributed by atoms with Crippen molar-refractivity contribution < 1.29 is 14.6 Å². The van der Waals surface area contributed by atoms with Crippen LogP contribution in [0.2, 0.25) is 0 Å². The molecule has 1 aromatic rings. The average molecular weight is 251 g/mol. The zero-order valence-corrected chi connectivity index (χ0v) is 11.1. The van der Waals surface area contributed by atoms with Gasteiger partial charge in [-0.3, -0.25) is 4.79 Å². The van der Waals surface area contributed by atoms with Crippen molar-refractivity contribution in [3.05, 3.63) is 29.8 Å². The number of hydrogen-bond acceptors (Lipinski definition) is 3. The SMILES string of the molecule is COc1ccc([C@@H](C)NC(=O)CCC(C)O)cc1. The zero-order valence-electron chi connectivity index (χ0n) is 11.1. The largest absolute Gasteiger partial charge is 0.497 e. The van der Waals surface area contributed by atoms with Gasteiger partial charge in [0.15, 0.2) is 0 Å². The first-order chi connectivity index (χ1) is 8.52. The van der Waals surface area contributed by atoms with E-state index >= 15 is 0 Å². The summed E-state index contributed by atoms with van der Waals surface area (Å²) in [5.41, 5.74) is 1.03. The van der Waals surface area contributed by atoms with Crippen LogP contribution in [0.1, 0.15) is 38.3 Å². The fourth-order valence-corrected chi connectivity index (χ4v) is 1.63. The molecule has 0 radical (unpaired) electrons. The second-order valence-electron chi connectivity index (χ2n) is 4.45. The first kappa shape index (κ1) is 14.5. The molecule has 1 amide bonds. The van der Waals surface area contributed by atoms with Gasteiger partial charge in [-0.15, -0.1) is 0 Å². The second kappa shape index (κ2) is 7.01. The van der Waals surface area contributed by atoms with Crippen LogP contribution in [0.4, 0.5) is 0 Å². The molecular formula is C14H21NO3. The molecule has 1 unspecified atom stereocenters. The van der Waals surface area contributed by atoms with Crippen molar-refractivity contribution in [1.82, 2.24) is 5.32 Å². The molecule has 18 heavy (non-hydrogen) atoms. The molecule has 4 heteroatoms. The fourth-order valence-electron chi connectivity index (χ4n) is 1.63. The number of rotatable bonds is 6. The summed E-state index contributed by atoms with van der Waals surface area (Å²) in [6, 6.07) is 7.55. The Balaban J connectivity index is 2.48. The van der Waals surface area contributed by atoms with Gasteiger partial charge in [0, 0.05) is 6.42 Å². The highest BCUT2D eigenvalue weighted by Gasteiger charge is 2.10. The fraction of sp³-hybridized carbons (Fsp3) is 0.500. The van der Waals surface area contributed by atoms with Gasteiger partial charge in [0.2, 0.25) is 5.91 Å². The number of carbonyl (C=O) groups is 1. The van der Waals surface area contributed by atoms with Crippen LogP contribution in [0.5, 0.6) is 5.75 Å². The monoisotopic (exact) mass is 251 g/mol. The molecule has 0 bridgehead atoms. The number of nitrogens with one attached hydrogen (secondary N) is 1. The van der Waals surface area contributed by atoms with Crippen molar-refractivity contribution in [2.45, 2.75) is 38.8 Å². The van der Waals surface area contributed by atoms with E-state index in [1.54, 1.807) is 14.0 Å². The van der Waals surface area contributed by atoms with Crippen LogP contribution >= 0.6 is 0 Å². The molecule has 0 aromatic heterocycles. The van der Waals surface area contributed by atoms with E-state index in [9.17, 15) is 4.79 Å². The van der Waals surface area contributed by atoms with Gasteiger partial charge in [-0.25, -0.2) is 0 Å². The maximum absolute atomic E-state index is 11.6. The summed E-state index contributed by atoms with van der Waals surface area (Å²) in [5, 5.41) is 12.0. The average Bonchev–Trinajstić information content (AvgIpc) is 2.36. The first-order valence-electron chi connectivity index (χ1n) is 6.14. The van der Waals surface area contributed by atoms with Crippen LogP contribution in [-0.2, 0) is 4.79 Å². The number of amides is 1. The third-order valence-electron chi connectivity index (χ3n) is 2.78. The number of benzene rings is 1. The molecule has 1 rings (SSSR count). The van der Waals surface area contributed by atoms with Crippen molar-refractivity contribution in [2.24, 2.45) is 0 Å². The highest BCUT2D eigenvalue weighted by atomic mass is 16.5. The van der Waals surface area contributed by atoms with Gasteiger partial charge in [0.05, 0.1) is 19.3 Å². The molecule has 0 aliphatic carbocycles. The topological polar surface area (TPSA) is 58.6 Å². The number of aliphatic hydroxyl groups is 1. The van der Waals surface area contributed by atoms with Gasteiger partial charge in [-0.2, -0.15) is 0 Å². The Morgan fingerprint density at radius 2 is 1.94 bits per heavy atom. The molecule has 0 heterocycles. The highest BCUT2D eigenvalue weighted by Crippen LogP contribution is 2.17. The third kappa shape index (κ3) is 4.75.